The largest absolute Gasteiger partial charge is 0.347 e. The first-order valence-electron chi connectivity index (χ1n) is 9.32. The monoisotopic (exact) mass is 396 g/mol. The Morgan fingerprint density at radius 2 is 2.21 bits per heavy atom. The molecule has 0 spiro atoms. The first-order valence-corrected chi connectivity index (χ1v) is 9.32. The highest BCUT2D eigenvalue weighted by Crippen LogP contribution is 2.40. The van der Waals surface area contributed by atoms with Crippen molar-refractivity contribution in [3.63, 3.8) is 0 Å². The molecule has 1 atom stereocenters. The third-order valence-electron chi connectivity index (χ3n) is 5.14. The summed E-state index contributed by atoms with van der Waals surface area (Å²) >= 11 is 0. The minimum atomic E-state index is -1.02. The third-order valence-corrected chi connectivity index (χ3v) is 5.14. The second-order valence-corrected chi connectivity index (χ2v) is 7.52. The fourth-order valence-electron chi connectivity index (χ4n) is 3.21. The lowest BCUT2D eigenvalue weighted by Crippen LogP contribution is -2.37. The van der Waals surface area contributed by atoms with E-state index in [9.17, 15) is 14.9 Å². The molecule has 3 heterocycles. The zero-order chi connectivity index (χ0) is 21.2. The van der Waals surface area contributed by atoms with Crippen molar-refractivity contribution in [2.75, 3.05) is 30.9 Å². The number of hydrogen-bond donors (Lipinski definition) is 1. The summed E-state index contributed by atoms with van der Waals surface area (Å²) in [7, 11) is 3.37. The van der Waals surface area contributed by atoms with Crippen LogP contribution < -0.4 is 10.2 Å². The number of carbonyl (C=O) groups is 2. The van der Waals surface area contributed by atoms with Crippen LogP contribution in [0.2, 0.25) is 0 Å². The van der Waals surface area contributed by atoms with Crippen molar-refractivity contribution in [2.45, 2.75) is 26.8 Å². The number of nitriles is 1. The van der Waals surface area contributed by atoms with E-state index in [-0.39, 0.29) is 24.3 Å². The Morgan fingerprint density at radius 3 is 2.83 bits per heavy atom. The molecule has 1 unspecified atom stereocenters. The van der Waals surface area contributed by atoms with Crippen molar-refractivity contribution >= 4 is 29.3 Å². The molecular weight excluding hydrogens is 372 g/mol. The third kappa shape index (κ3) is 3.89. The fourth-order valence-corrected chi connectivity index (χ4v) is 3.21. The Hall–Kier alpha value is -3.48. The number of nitrogens with zero attached hydrogens (tertiary/aromatic N) is 7. The van der Waals surface area contributed by atoms with Crippen molar-refractivity contribution in [2.24, 2.45) is 11.3 Å². The Balaban J connectivity index is 1.75. The summed E-state index contributed by atoms with van der Waals surface area (Å²) in [4.78, 5) is 36.3. The van der Waals surface area contributed by atoms with Crippen molar-refractivity contribution in [1.29, 1.82) is 5.26 Å². The van der Waals surface area contributed by atoms with E-state index < -0.39 is 5.41 Å². The Labute approximate surface area is 169 Å². The molecule has 1 aliphatic rings. The summed E-state index contributed by atoms with van der Waals surface area (Å²) in [6.07, 6.45) is 5.27. The second kappa shape index (κ2) is 7.87. The van der Waals surface area contributed by atoms with Gasteiger partial charge in [-0.2, -0.15) is 15.3 Å². The Morgan fingerprint density at radius 1 is 1.45 bits per heavy atom. The van der Waals surface area contributed by atoms with Crippen LogP contribution in [0.25, 0.3) is 0 Å². The molecule has 1 N–H and O–H groups in total. The summed E-state index contributed by atoms with van der Waals surface area (Å²) in [5.74, 6) is 0.361. The maximum atomic E-state index is 12.9. The predicted octanol–water partition coefficient (Wildman–Crippen LogP) is 1.41. The minimum absolute atomic E-state index is 0.0726. The van der Waals surface area contributed by atoms with Crippen LogP contribution in [0.4, 0.5) is 17.5 Å². The number of likely N-dealkylation sites (N-methyl/N-ethyl adjacent to an activating group) is 1. The molecule has 1 saturated heterocycles. The van der Waals surface area contributed by atoms with Gasteiger partial charge in [-0.15, -0.1) is 0 Å². The van der Waals surface area contributed by atoms with Crippen molar-refractivity contribution in [3.8, 4) is 6.07 Å². The summed E-state index contributed by atoms with van der Waals surface area (Å²) in [6, 6.07) is 3.86. The van der Waals surface area contributed by atoms with Gasteiger partial charge in [0, 0.05) is 33.0 Å². The van der Waals surface area contributed by atoms with Gasteiger partial charge in [0.2, 0.25) is 17.8 Å². The molecule has 0 aliphatic carbocycles. The maximum absolute atomic E-state index is 12.9. The molecule has 1 aliphatic heterocycles. The standard InChI is InChI=1S/C19H24N8O2/c1-13(2)19(12-20)6-8-27(17(19)29)15-5-7-21-18(24-15)23-14-9-22-26(10-14)11-16(28)25(3)4/h5,7,9-10,13H,6,8,11H2,1-4H3,(H,21,23,24). The first-order chi connectivity index (χ1) is 13.8. The lowest BCUT2D eigenvalue weighted by molar-refractivity contribution is -0.129. The van der Waals surface area contributed by atoms with E-state index in [0.29, 0.717) is 30.4 Å². The molecule has 0 saturated carbocycles. The summed E-state index contributed by atoms with van der Waals surface area (Å²) in [6.45, 7) is 4.33. The molecule has 2 aromatic rings. The molecule has 0 bridgehead atoms. The molecule has 0 radical (unpaired) electrons. The quantitative estimate of drug-likeness (QED) is 0.784. The van der Waals surface area contributed by atoms with Gasteiger partial charge in [0.15, 0.2) is 0 Å². The van der Waals surface area contributed by atoms with E-state index in [1.54, 1.807) is 38.8 Å². The molecule has 152 valence electrons. The molecule has 29 heavy (non-hydrogen) atoms. The molecule has 10 heteroatoms. The van der Waals surface area contributed by atoms with Crippen LogP contribution in [0, 0.1) is 22.7 Å². The summed E-state index contributed by atoms with van der Waals surface area (Å²) in [5.41, 5.74) is -0.395. The van der Waals surface area contributed by atoms with Gasteiger partial charge in [-0.05, 0) is 18.4 Å². The average molecular weight is 396 g/mol. The zero-order valence-electron chi connectivity index (χ0n) is 17.0. The van der Waals surface area contributed by atoms with Crippen LogP contribution >= 0.6 is 0 Å². The lowest BCUT2D eigenvalue weighted by atomic mass is 9.77. The van der Waals surface area contributed by atoms with Gasteiger partial charge in [-0.3, -0.25) is 19.2 Å². The van der Waals surface area contributed by atoms with E-state index >= 15 is 0 Å². The maximum Gasteiger partial charge on any atom is 0.248 e. The molecule has 3 rings (SSSR count). The number of hydrogen-bond acceptors (Lipinski definition) is 7. The Bertz CT molecular complexity index is 961. The lowest BCUT2D eigenvalue weighted by Gasteiger charge is -2.24. The molecule has 2 amide bonds. The zero-order valence-corrected chi connectivity index (χ0v) is 17.0. The van der Waals surface area contributed by atoms with Crippen LogP contribution in [0.3, 0.4) is 0 Å². The van der Waals surface area contributed by atoms with E-state index in [2.05, 4.69) is 26.5 Å². The van der Waals surface area contributed by atoms with Crippen molar-refractivity contribution < 1.29 is 9.59 Å². The van der Waals surface area contributed by atoms with Crippen LogP contribution in [-0.2, 0) is 16.1 Å². The van der Waals surface area contributed by atoms with Crippen molar-refractivity contribution in [1.82, 2.24) is 24.6 Å². The van der Waals surface area contributed by atoms with Gasteiger partial charge >= 0.3 is 0 Å². The van der Waals surface area contributed by atoms with Crippen LogP contribution in [0.5, 0.6) is 0 Å². The second-order valence-electron chi connectivity index (χ2n) is 7.52. The van der Waals surface area contributed by atoms with Crippen LogP contribution in [-0.4, -0.2) is 57.1 Å². The summed E-state index contributed by atoms with van der Waals surface area (Å²) < 4.78 is 1.52. The number of amides is 2. The molecule has 2 aromatic heterocycles. The summed E-state index contributed by atoms with van der Waals surface area (Å²) in [5, 5.41) is 16.8. The number of nitrogens with one attached hydrogen (secondary N) is 1. The average Bonchev–Trinajstić information content (AvgIpc) is 3.26. The minimum Gasteiger partial charge on any atom is -0.347 e. The van der Waals surface area contributed by atoms with Gasteiger partial charge in [0.1, 0.15) is 17.8 Å². The van der Waals surface area contributed by atoms with Gasteiger partial charge < -0.3 is 10.2 Å². The topological polar surface area (TPSA) is 120 Å². The Kier molecular flexibility index (Phi) is 5.50. The number of rotatable bonds is 6. The SMILES string of the molecule is CC(C)C1(C#N)CCN(c2ccnc(Nc3cnn(CC(=O)N(C)C)c3)n2)C1=O. The van der Waals surface area contributed by atoms with E-state index in [1.165, 1.54) is 14.5 Å². The number of anilines is 3. The first kappa shape index (κ1) is 20.3. The molecular formula is C19H24N8O2. The molecule has 10 nitrogen and oxygen atoms in total. The van der Waals surface area contributed by atoms with E-state index in [0.717, 1.165) is 0 Å². The van der Waals surface area contributed by atoms with E-state index in [1.807, 2.05) is 13.8 Å². The van der Waals surface area contributed by atoms with Crippen LogP contribution in [0.1, 0.15) is 20.3 Å². The highest BCUT2D eigenvalue weighted by Gasteiger charge is 2.50. The smallest absolute Gasteiger partial charge is 0.248 e. The number of carbonyl (C=O) groups excluding carboxylic acids is 2. The van der Waals surface area contributed by atoms with Gasteiger partial charge in [-0.1, -0.05) is 13.8 Å². The van der Waals surface area contributed by atoms with Gasteiger partial charge in [0.05, 0.1) is 18.0 Å². The highest BCUT2D eigenvalue weighted by molar-refractivity contribution is 6.01. The van der Waals surface area contributed by atoms with Crippen molar-refractivity contribution in [3.05, 3.63) is 24.7 Å². The number of aromatic nitrogens is 4. The molecule has 0 aromatic carbocycles. The van der Waals surface area contributed by atoms with Crippen LogP contribution in [0.15, 0.2) is 24.7 Å². The van der Waals surface area contributed by atoms with Gasteiger partial charge in [-0.25, -0.2) is 4.98 Å². The van der Waals surface area contributed by atoms with Gasteiger partial charge in [0.25, 0.3) is 0 Å². The molecule has 1 fully saturated rings. The predicted molar refractivity (Wildman–Crippen MR) is 106 cm³/mol. The fraction of sp³-hybridized carbons (Fsp3) is 0.474. The highest BCUT2D eigenvalue weighted by atomic mass is 16.2. The normalized spacial score (nSPS) is 18.8. The van der Waals surface area contributed by atoms with E-state index in [4.69, 9.17) is 0 Å².